The summed E-state index contributed by atoms with van der Waals surface area (Å²) in [5, 5.41) is 14.6. The number of aryl methyl sites for hydroxylation is 1. The van der Waals surface area contributed by atoms with Gasteiger partial charge in [0.25, 0.3) is 0 Å². The van der Waals surface area contributed by atoms with Crippen molar-refractivity contribution < 1.29 is 13.2 Å². The van der Waals surface area contributed by atoms with Gasteiger partial charge < -0.3 is 10.6 Å². The van der Waals surface area contributed by atoms with E-state index in [1.165, 1.54) is 0 Å². The second-order valence-electron chi connectivity index (χ2n) is 6.65. The standard InChI is InChI=1S/C22H20F3N5/c1-2-3-6-16-7-4-5-8-19(16)29-20-18(22(23,24)25)14-27-21(30-20)28-17-11-9-15(13-26)10-12-17/h4-5,7-12,14H,2-3,6H2,1H3,(H2,27,28,29,30). The van der Waals surface area contributed by atoms with E-state index in [4.69, 9.17) is 5.26 Å². The lowest BCUT2D eigenvalue weighted by molar-refractivity contribution is -0.137. The van der Waals surface area contributed by atoms with Crippen LogP contribution in [0.4, 0.5) is 36.3 Å². The van der Waals surface area contributed by atoms with Gasteiger partial charge in [0.2, 0.25) is 5.95 Å². The second-order valence-corrected chi connectivity index (χ2v) is 6.65. The highest BCUT2D eigenvalue weighted by Gasteiger charge is 2.35. The van der Waals surface area contributed by atoms with Gasteiger partial charge in [0.15, 0.2) is 0 Å². The van der Waals surface area contributed by atoms with Crippen molar-refractivity contribution in [3.8, 4) is 6.07 Å². The first-order chi connectivity index (χ1) is 14.4. The van der Waals surface area contributed by atoms with Crippen molar-refractivity contribution in [2.24, 2.45) is 0 Å². The Morgan fingerprint density at radius 3 is 2.43 bits per heavy atom. The van der Waals surface area contributed by atoms with Gasteiger partial charge in [0.1, 0.15) is 11.4 Å². The van der Waals surface area contributed by atoms with E-state index in [2.05, 4.69) is 27.5 Å². The van der Waals surface area contributed by atoms with Gasteiger partial charge in [-0.3, -0.25) is 0 Å². The Balaban J connectivity index is 1.93. The van der Waals surface area contributed by atoms with Crippen molar-refractivity contribution in [1.82, 2.24) is 9.97 Å². The van der Waals surface area contributed by atoms with Crippen LogP contribution in [0.3, 0.4) is 0 Å². The van der Waals surface area contributed by atoms with Crippen molar-refractivity contribution >= 4 is 23.1 Å². The minimum atomic E-state index is -4.60. The van der Waals surface area contributed by atoms with Crippen molar-refractivity contribution in [2.45, 2.75) is 32.4 Å². The highest BCUT2D eigenvalue weighted by atomic mass is 19.4. The van der Waals surface area contributed by atoms with Gasteiger partial charge in [-0.1, -0.05) is 31.5 Å². The summed E-state index contributed by atoms with van der Waals surface area (Å²) in [5.41, 5.74) is 1.59. The summed E-state index contributed by atoms with van der Waals surface area (Å²) in [6, 6.07) is 15.7. The fraction of sp³-hybridized carbons (Fsp3) is 0.227. The van der Waals surface area contributed by atoms with Crippen LogP contribution in [0.5, 0.6) is 0 Å². The normalized spacial score (nSPS) is 11.0. The van der Waals surface area contributed by atoms with Crippen LogP contribution in [0.15, 0.2) is 54.7 Å². The summed E-state index contributed by atoms with van der Waals surface area (Å²) in [6.45, 7) is 2.06. The monoisotopic (exact) mass is 411 g/mol. The Morgan fingerprint density at radius 1 is 1.03 bits per heavy atom. The molecule has 5 nitrogen and oxygen atoms in total. The van der Waals surface area contributed by atoms with Crippen LogP contribution in [-0.4, -0.2) is 9.97 Å². The maximum absolute atomic E-state index is 13.5. The zero-order valence-corrected chi connectivity index (χ0v) is 16.3. The van der Waals surface area contributed by atoms with E-state index < -0.39 is 11.7 Å². The number of anilines is 4. The molecule has 0 fully saturated rings. The van der Waals surface area contributed by atoms with Crippen LogP contribution in [0, 0.1) is 11.3 Å². The van der Waals surface area contributed by atoms with E-state index in [-0.39, 0.29) is 11.8 Å². The molecule has 0 amide bonds. The molecule has 3 aromatic rings. The maximum atomic E-state index is 13.5. The van der Waals surface area contributed by atoms with E-state index >= 15 is 0 Å². The summed E-state index contributed by atoms with van der Waals surface area (Å²) < 4.78 is 40.6. The number of nitrogens with one attached hydrogen (secondary N) is 2. The van der Waals surface area contributed by atoms with Crippen LogP contribution in [0.25, 0.3) is 0 Å². The van der Waals surface area contributed by atoms with Crippen LogP contribution >= 0.6 is 0 Å². The van der Waals surface area contributed by atoms with Crippen molar-refractivity contribution in [3.63, 3.8) is 0 Å². The molecule has 2 aromatic carbocycles. The molecule has 3 rings (SSSR count). The molecule has 1 heterocycles. The number of nitrogens with zero attached hydrogens (tertiary/aromatic N) is 3. The number of aromatic nitrogens is 2. The average Bonchev–Trinajstić information content (AvgIpc) is 2.73. The fourth-order valence-corrected chi connectivity index (χ4v) is 2.86. The quantitative estimate of drug-likeness (QED) is 0.484. The molecule has 30 heavy (non-hydrogen) atoms. The number of para-hydroxylation sites is 1. The highest BCUT2D eigenvalue weighted by Crippen LogP contribution is 2.36. The van der Waals surface area contributed by atoms with E-state index in [1.807, 2.05) is 18.2 Å². The number of hydrogen-bond acceptors (Lipinski definition) is 5. The minimum absolute atomic E-state index is 0.0150. The number of hydrogen-bond donors (Lipinski definition) is 2. The largest absolute Gasteiger partial charge is 0.421 e. The SMILES string of the molecule is CCCCc1ccccc1Nc1nc(Nc2ccc(C#N)cc2)ncc1C(F)(F)F. The molecule has 0 aliphatic carbocycles. The molecule has 1 aromatic heterocycles. The first kappa shape index (κ1) is 21.1. The average molecular weight is 411 g/mol. The van der Waals surface area contributed by atoms with Gasteiger partial charge in [-0.2, -0.15) is 23.4 Å². The molecular formula is C22H20F3N5. The van der Waals surface area contributed by atoms with E-state index in [0.717, 1.165) is 31.0 Å². The topological polar surface area (TPSA) is 73.6 Å². The Bertz CT molecular complexity index is 1040. The maximum Gasteiger partial charge on any atom is 0.421 e. The number of nitriles is 1. The van der Waals surface area contributed by atoms with Gasteiger partial charge >= 0.3 is 6.18 Å². The number of benzene rings is 2. The Morgan fingerprint density at radius 2 is 1.77 bits per heavy atom. The Kier molecular flexibility index (Phi) is 6.52. The zero-order chi connectivity index (χ0) is 21.6. The predicted molar refractivity (Wildman–Crippen MR) is 110 cm³/mol. The highest BCUT2D eigenvalue weighted by molar-refractivity contribution is 5.65. The summed E-state index contributed by atoms with van der Waals surface area (Å²) in [6.07, 6.45) is -1.18. The van der Waals surface area contributed by atoms with E-state index in [0.29, 0.717) is 16.9 Å². The van der Waals surface area contributed by atoms with Crippen molar-refractivity contribution in [3.05, 3.63) is 71.4 Å². The third kappa shape index (κ3) is 5.26. The fourth-order valence-electron chi connectivity index (χ4n) is 2.86. The van der Waals surface area contributed by atoms with Gasteiger partial charge in [-0.15, -0.1) is 0 Å². The van der Waals surface area contributed by atoms with Gasteiger partial charge in [-0.05, 0) is 48.7 Å². The summed E-state index contributed by atoms with van der Waals surface area (Å²) in [7, 11) is 0. The van der Waals surface area contributed by atoms with Gasteiger partial charge in [-0.25, -0.2) is 4.98 Å². The smallest absolute Gasteiger partial charge is 0.339 e. The lowest BCUT2D eigenvalue weighted by atomic mass is 10.1. The number of halogens is 3. The van der Waals surface area contributed by atoms with E-state index in [9.17, 15) is 13.2 Å². The van der Waals surface area contributed by atoms with Crippen LogP contribution in [0.1, 0.15) is 36.5 Å². The summed E-state index contributed by atoms with van der Waals surface area (Å²) in [5.74, 6) is -0.307. The van der Waals surface area contributed by atoms with Crippen LogP contribution in [-0.2, 0) is 12.6 Å². The molecule has 0 aliphatic rings. The van der Waals surface area contributed by atoms with E-state index in [1.54, 1.807) is 36.4 Å². The van der Waals surface area contributed by atoms with Crippen LogP contribution in [0.2, 0.25) is 0 Å². The summed E-state index contributed by atoms with van der Waals surface area (Å²) >= 11 is 0. The predicted octanol–water partition coefficient (Wildman–Crippen LogP) is 6.20. The third-order valence-corrected chi connectivity index (χ3v) is 4.43. The second kappa shape index (κ2) is 9.27. The first-order valence-electron chi connectivity index (χ1n) is 9.47. The van der Waals surface area contributed by atoms with Crippen molar-refractivity contribution in [2.75, 3.05) is 10.6 Å². The van der Waals surface area contributed by atoms with Crippen LogP contribution < -0.4 is 10.6 Å². The lowest BCUT2D eigenvalue weighted by Crippen LogP contribution is -2.13. The molecule has 0 unspecified atom stereocenters. The van der Waals surface area contributed by atoms with Gasteiger partial charge in [0, 0.05) is 17.6 Å². The molecule has 0 saturated heterocycles. The lowest BCUT2D eigenvalue weighted by Gasteiger charge is -2.17. The molecule has 0 spiro atoms. The third-order valence-electron chi connectivity index (χ3n) is 4.43. The number of unbranched alkanes of at least 4 members (excludes halogenated alkanes) is 1. The minimum Gasteiger partial charge on any atom is -0.339 e. The zero-order valence-electron chi connectivity index (χ0n) is 16.3. The molecule has 0 aliphatic heterocycles. The molecule has 0 saturated carbocycles. The molecule has 0 atom stereocenters. The summed E-state index contributed by atoms with van der Waals surface area (Å²) in [4.78, 5) is 7.89. The number of rotatable bonds is 7. The number of alkyl halides is 3. The Labute approximate surface area is 172 Å². The molecule has 0 radical (unpaired) electrons. The first-order valence-corrected chi connectivity index (χ1v) is 9.47. The molecule has 0 bridgehead atoms. The Hall–Kier alpha value is -3.60. The molecule has 154 valence electrons. The van der Waals surface area contributed by atoms with Gasteiger partial charge in [0.05, 0.1) is 11.6 Å². The molecular weight excluding hydrogens is 391 g/mol. The molecule has 8 heteroatoms. The van der Waals surface area contributed by atoms with Crippen molar-refractivity contribution in [1.29, 1.82) is 5.26 Å². The molecule has 2 N–H and O–H groups in total.